The maximum atomic E-state index is 13.3. The van der Waals surface area contributed by atoms with Gasteiger partial charge in [-0.05, 0) is 44.5 Å². The number of amides is 2. The van der Waals surface area contributed by atoms with E-state index in [0.717, 1.165) is 13.1 Å². The van der Waals surface area contributed by atoms with Crippen LogP contribution in [-0.2, 0) is 19.4 Å². The molecule has 158 valence electrons. The van der Waals surface area contributed by atoms with Gasteiger partial charge < -0.3 is 15.0 Å². The number of hydrogen-bond donors (Lipinski definition) is 1. The zero-order valence-electron chi connectivity index (χ0n) is 16.5. The number of para-hydroxylation sites is 2. The Labute approximate surface area is 171 Å². The molecule has 1 aromatic rings. The first-order valence-electron chi connectivity index (χ1n) is 10.1. The van der Waals surface area contributed by atoms with Crippen LogP contribution in [0.3, 0.4) is 0 Å². The number of fused-ring (bicyclic) bond motifs is 1. The number of rotatable bonds is 3. The molecule has 29 heavy (non-hydrogen) atoms. The van der Waals surface area contributed by atoms with Gasteiger partial charge in [0, 0.05) is 19.0 Å². The Bertz CT molecular complexity index is 895. The van der Waals surface area contributed by atoms with Crippen molar-refractivity contribution in [2.45, 2.75) is 31.4 Å². The zero-order chi connectivity index (χ0) is 20.6. The summed E-state index contributed by atoms with van der Waals surface area (Å²) in [7, 11) is -1.36. The number of carbonyl (C=O) groups excluding carboxylic acids is 2. The number of carbonyl (C=O) groups is 2. The van der Waals surface area contributed by atoms with Gasteiger partial charge in [-0.15, -0.1) is 0 Å². The maximum absolute atomic E-state index is 13.3. The molecule has 0 aliphatic carbocycles. The van der Waals surface area contributed by atoms with Crippen LogP contribution < -0.4 is 15.0 Å². The topological polar surface area (TPSA) is 96.0 Å². The summed E-state index contributed by atoms with van der Waals surface area (Å²) >= 11 is 0. The van der Waals surface area contributed by atoms with Crippen LogP contribution >= 0.6 is 0 Å². The first-order valence-corrected chi connectivity index (χ1v) is 11.9. The van der Waals surface area contributed by atoms with Crippen molar-refractivity contribution in [1.82, 2.24) is 10.2 Å². The summed E-state index contributed by atoms with van der Waals surface area (Å²) in [6.45, 7) is 1.64. The van der Waals surface area contributed by atoms with Crippen LogP contribution in [-0.4, -0.2) is 75.5 Å². The number of anilines is 1. The van der Waals surface area contributed by atoms with E-state index in [2.05, 4.69) is 10.2 Å². The van der Waals surface area contributed by atoms with Crippen LogP contribution in [0.2, 0.25) is 0 Å². The Morgan fingerprint density at radius 1 is 1.14 bits per heavy atom. The molecule has 3 aliphatic rings. The van der Waals surface area contributed by atoms with E-state index in [9.17, 15) is 18.0 Å². The summed E-state index contributed by atoms with van der Waals surface area (Å²) in [5, 5.41) is 2.59. The van der Waals surface area contributed by atoms with Gasteiger partial charge in [-0.3, -0.25) is 14.5 Å². The van der Waals surface area contributed by atoms with Crippen LogP contribution in [0.1, 0.15) is 19.3 Å². The number of nitrogens with one attached hydrogen (secondary N) is 1. The molecule has 8 nitrogen and oxygen atoms in total. The van der Waals surface area contributed by atoms with E-state index in [4.69, 9.17) is 4.74 Å². The summed E-state index contributed by atoms with van der Waals surface area (Å²) in [6.07, 6.45) is 1.34. The highest BCUT2D eigenvalue weighted by Crippen LogP contribution is 2.35. The predicted molar refractivity (Wildman–Crippen MR) is 109 cm³/mol. The molecule has 2 fully saturated rings. The largest absolute Gasteiger partial charge is 0.477 e. The lowest BCUT2D eigenvalue weighted by atomic mass is 9.93. The lowest BCUT2D eigenvalue weighted by Crippen LogP contribution is -2.53. The fraction of sp³-hybridized carbons (Fsp3) is 0.600. The Balaban J connectivity index is 1.45. The summed E-state index contributed by atoms with van der Waals surface area (Å²) in [5.41, 5.74) is 0.696. The van der Waals surface area contributed by atoms with E-state index < -0.39 is 15.9 Å². The van der Waals surface area contributed by atoms with Gasteiger partial charge in [0.1, 0.15) is 5.75 Å². The van der Waals surface area contributed by atoms with Crippen molar-refractivity contribution in [1.29, 1.82) is 0 Å². The predicted octanol–water partition coefficient (Wildman–Crippen LogP) is 0.426. The van der Waals surface area contributed by atoms with Crippen LogP contribution in [0.5, 0.6) is 5.75 Å². The van der Waals surface area contributed by atoms with Crippen molar-refractivity contribution < 1.29 is 22.7 Å². The van der Waals surface area contributed by atoms with Crippen LogP contribution in [0.25, 0.3) is 0 Å². The third-order valence-corrected chi connectivity index (χ3v) is 7.93. The Morgan fingerprint density at radius 2 is 1.86 bits per heavy atom. The summed E-state index contributed by atoms with van der Waals surface area (Å²) < 4.78 is 29.3. The van der Waals surface area contributed by atoms with Gasteiger partial charge in [-0.25, -0.2) is 8.42 Å². The van der Waals surface area contributed by atoms with Crippen molar-refractivity contribution in [2.75, 3.05) is 43.1 Å². The summed E-state index contributed by atoms with van der Waals surface area (Å²) in [6, 6.07) is 7.37. The summed E-state index contributed by atoms with van der Waals surface area (Å²) in [4.78, 5) is 29.4. The fourth-order valence-electron chi connectivity index (χ4n) is 4.54. The van der Waals surface area contributed by atoms with Gasteiger partial charge in [0.25, 0.3) is 5.91 Å². The van der Waals surface area contributed by atoms with Gasteiger partial charge in [0.2, 0.25) is 5.91 Å². The van der Waals surface area contributed by atoms with Gasteiger partial charge in [-0.1, -0.05) is 12.1 Å². The molecule has 0 radical (unpaired) electrons. The van der Waals surface area contributed by atoms with Crippen LogP contribution in [0, 0.1) is 5.92 Å². The second-order valence-electron chi connectivity index (χ2n) is 8.00. The second-order valence-corrected chi connectivity index (χ2v) is 10.2. The molecule has 4 rings (SSSR count). The minimum atomic E-state index is -2.91. The first kappa shape index (κ1) is 20.2. The van der Waals surface area contributed by atoms with E-state index in [1.165, 1.54) is 0 Å². The average Bonchev–Trinajstić information content (AvgIpc) is 3.11. The normalized spacial score (nSPS) is 27.1. The first-order chi connectivity index (χ1) is 13.9. The van der Waals surface area contributed by atoms with E-state index in [0.29, 0.717) is 30.7 Å². The number of likely N-dealkylation sites (N-methyl/N-ethyl adjacent to an activating group) is 1. The molecule has 3 heterocycles. The SMILES string of the molecule is CNC(=O)[C@H]1CN(C(=O)C2CCN([C@H]3CCS(=O)(=O)C3)CC2)c2ccccc2O1. The van der Waals surface area contributed by atoms with E-state index in [1.807, 2.05) is 18.2 Å². The average molecular weight is 422 g/mol. The van der Waals surface area contributed by atoms with Crippen molar-refractivity contribution in [3.8, 4) is 5.75 Å². The molecule has 0 bridgehead atoms. The molecule has 2 atom stereocenters. The minimum Gasteiger partial charge on any atom is -0.477 e. The highest BCUT2D eigenvalue weighted by atomic mass is 32.2. The lowest BCUT2D eigenvalue weighted by molar-refractivity contribution is -0.128. The number of sulfone groups is 1. The molecule has 1 aromatic carbocycles. The maximum Gasteiger partial charge on any atom is 0.262 e. The summed E-state index contributed by atoms with van der Waals surface area (Å²) in [5.74, 6) is 0.649. The van der Waals surface area contributed by atoms with Crippen molar-refractivity contribution in [3.05, 3.63) is 24.3 Å². The number of ether oxygens (including phenoxy) is 1. The molecule has 0 aromatic heterocycles. The molecular formula is C20H27N3O5S. The van der Waals surface area contributed by atoms with Gasteiger partial charge in [-0.2, -0.15) is 0 Å². The minimum absolute atomic E-state index is 0.00773. The Kier molecular flexibility index (Phi) is 5.52. The van der Waals surface area contributed by atoms with Gasteiger partial charge in [0.15, 0.2) is 15.9 Å². The van der Waals surface area contributed by atoms with Crippen molar-refractivity contribution >= 4 is 27.3 Å². The highest BCUT2D eigenvalue weighted by Gasteiger charge is 2.39. The van der Waals surface area contributed by atoms with Crippen molar-refractivity contribution in [2.24, 2.45) is 5.92 Å². The zero-order valence-corrected chi connectivity index (χ0v) is 17.4. The molecule has 0 saturated carbocycles. The van der Waals surface area contributed by atoms with Gasteiger partial charge >= 0.3 is 0 Å². The van der Waals surface area contributed by atoms with Crippen LogP contribution in [0.15, 0.2) is 24.3 Å². The second kappa shape index (κ2) is 7.95. The number of hydrogen-bond acceptors (Lipinski definition) is 6. The quantitative estimate of drug-likeness (QED) is 0.760. The number of nitrogens with zero attached hydrogens (tertiary/aromatic N) is 2. The third-order valence-electron chi connectivity index (χ3n) is 6.18. The molecular weight excluding hydrogens is 394 g/mol. The van der Waals surface area contributed by atoms with Gasteiger partial charge in [0.05, 0.1) is 23.7 Å². The van der Waals surface area contributed by atoms with E-state index in [1.54, 1.807) is 18.0 Å². The molecule has 1 N–H and O–H groups in total. The van der Waals surface area contributed by atoms with Crippen molar-refractivity contribution in [3.63, 3.8) is 0 Å². The standard InChI is InChI=1S/C20H27N3O5S/c1-21-19(24)18-12-23(16-4-2-3-5-17(16)28-18)20(25)14-6-9-22(10-7-14)15-8-11-29(26,27)13-15/h2-5,14-15,18H,6-13H2,1H3,(H,21,24)/t15-,18+/m0/s1. The number of likely N-dealkylation sites (tertiary alicyclic amines) is 1. The molecule has 0 unspecified atom stereocenters. The smallest absolute Gasteiger partial charge is 0.262 e. The Hall–Kier alpha value is -2.13. The highest BCUT2D eigenvalue weighted by molar-refractivity contribution is 7.91. The molecule has 0 spiro atoms. The molecule has 9 heteroatoms. The fourth-order valence-corrected chi connectivity index (χ4v) is 6.30. The van der Waals surface area contributed by atoms with Crippen LogP contribution in [0.4, 0.5) is 5.69 Å². The van der Waals surface area contributed by atoms with E-state index >= 15 is 0 Å². The molecule has 3 aliphatic heterocycles. The third kappa shape index (κ3) is 4.11. The lowest BCUT2D eigenvalue weighted by Gasteiger charge is -2.39. The molecule has 2 saturated heterocycles. The number of benzene rings is 1. The monoisotopic (exact) mass is 421 g/mol. The molecule has 2 amide bonds. The number of piperidine rings is 1. The Morgan fingerprint density at radius 3 is 2.52 bits per heavy atom. The van der Waals surface area contributed by atoms with E-state index in [-0.39, 0.29) is 41.8 Å².